The SMILES string of the molecule is CC[C@H]1CN(c2cnc(C(=O)Nc3cc(F)c4nc(C)cn4c3)cn2)C[C@H]1C. The van der Waals surface area contributed by atoms with E-state index in [9.17, 15) is 9.18 Å². The van der Waals surface area contributed by atoms with Gasteiger partial charge in [-0.1, -0.05) is 20.3 Å². The summed E-state index contributed by atoms with van der Waals surface area (Å²) in [6.45, 7) is 8.14. The quantitative estimate of drug-likeness (QED) is 0.749. The Balaban J connectivity index is 1.48. The van der Waals surface area contributed by atoms with Crippen molar-refractivity contribution in [1.82, 2.24) is 19.4 Å². The van der Waals surface area contributed by atoms with Crippen LogP contribution in [0.1, 0.15) is 36.5 Å². The van der Waals surface area contributed by atoms with Crippen LogP contribution in [0.2, 0.25) is 0 Å². The van der Waals surface area contributed by atoms with Crippen molar-refractivity contribution in [2.75, 3.05) is 23.3 Å². The van der Waals surface area contributed by atoms with Crippen molar-refractivity contribution in [2.45, 2.75) is 27.2 Å². The minimum absolute atomic E-state index is 0.186. The van der Waals surface area contributed by atoms with Crippen LogP contribution in [0, 0.1) is 24.6 Å². The fourth-order valence-electron chi connectivity index (χ4n) is 3.80. The number of aryl methyl sites for hydroxylation is 1. The molecule has 1 aliphatic heterocycles. The molecular formula is C20H23FN6O. The third-order valence-corrected chi connectivity index (χ3v) is 5.37. The number of amides is 1. The maximum atomic E-state index is 14.2. The zero-order valence-corrected chi connectivity index (χ0v) is 16.2. The minimum atomic E-state index is -0.499. The van der Waals surface area contributed by atoms with Gasteiger partial charge in [0.05, 0.1) is 23.8 Å². The fourth-order valence-corrected chi connectivity index (χ4v) is 3.80. The average molecular weight is 382 g/mol. The summed E-state index contributed by atoms with van der Waals surface area (Å²) in [6.07, 6.45) is 7.55. The molecule has 0 saturated carbocycles. The molecule has 1 fully saturated rings. The van der Waals surface area contributed by atoms with Gasteiger partial charge in [0.2, 0.25) is 0 Å². The molecular weight excluding hydrogens is 359 g/mol. The summed E-state index contributed by atoms with van der Waals surface area (Å²) in [7, 11) is 0. The first kappa shape index (κ1) is 18.3. The molecule has 0 unspecified atom stereocenters. The second-order valence-corrected chi connectivity index (χ2v) is 7.45. The largest absolute Gasteiger partial charge is 0.355 e. The Morgan fingerprint density at radius 3 is 2.79 bits per heavy atom. The number of pyridine rings is 1. The van der Waals surface area contributed by atoms with Gasteiger partial charge in [-0.05, 0) is 18.8 Å². The zero-order chi connectivity index (χ0) is 19.8. The third-order valence-electron chi connectivity index (χ3n) is 5.37. The normalized spacial score (nSPS) is 19.4. The molecule has 4 rings (SSSR count). The van der Waals surface area contributed by atoms with E-state index in [1.54, 1.807) is 29.9 Å². The number of fused-ring (bicyclic) bond motifs is 1. The summed E-state index contributed by atoms with van der Waals surface area (Å²) in [4.78, 5) is 27.5. The highest BCUT2D eigenvalue weighted by Gasteiger charge is 2.29. The van der Waals surface area contributed by atoms with Gasteiger partial charge in [0.1, 0.15) is 11.5 Å². The molecule has 1 amide bonds. The van der Waals surface area contributed by atoms with Crippen molar-refractivity contribution in [3.05, 3.63) is 48.1 Å². The van der Waals surface area contributed by atoms with Crippen LogP contribution in [0.4, 0.5) is 15.9 Å². The van der Waals surface area contributed by atoms with Crippen LogP contribution in [0.3, 0.4) is 0 Å². The molecule has 146 valence electrons. The lowest BCUT2D eigenvalue weighted by molar-refractivity contribution is 0.102. The molecule has 0 spiro atoms. The van der Waals surface area contributed by atoms with Gasteiger partial charge in [0.25, 0.3) is 5.91 Å². The number of carbonyl (C=O) groups excluding carboxylic acids is 1. The van der Waals surface area contributed by atoms with Crippen LogP contribution in [-0.4, -0.2) is 38.3 Å². The van der Waals surface area contributed by atoms with Crippen LogP contribution >= 0.6 is 0 Å². The predicted molar refractivity (Wildman–Crippen MR) is 105 cm³/mol. The van der Waals surface area contributed by atoms with Crippen LogP contribution in [0.5, 0.6) is 0 Å². The lowest BCUT2D eigenvalue weighted by Crippen LogP contribution is -2.22. The number of aromatic nitrogens is 4. The van der Waals surface area contributed by atoms with Crippen LogP contribution < -0.4 is 10.2 Å². The third kappa shape index (κ3) is 3.42. The van der Waals surface area contributed by atoms with E-state index in [1.807, 2.05) is 0 Å². The van der Waals surface area contributed by atoms with E-state index in [0.717, 1.165) is 25.3 Å². The Bertz CT molecular complexity index is 1020. The number of nitrogens with zero attached hydrogens (tertiary/aromatic N) is 5. The highest BCUT2D eigenvalue weighted by atomic mass is 19.1. The van der Waals surface area contributed by atoms with E-state index in [1.165, 1.54) is 12.3 Å². The van der Waals surface area contributed by atoms with Gasteiger partial charge in [-0.3, -0.25) is 4.79 Å². The summed E-state index contributed by atoms with van der Waals surface area (Å²) >= 11 is 0. The summed E-state index contributed by atoms with van der Waals surface area (Å²) in [5.74, 6) is 1.12. The molecule has 3 aromatic heterocycles. The smallest absolute Gasteiger partial charge is 0.275 e. The van der Waals surface area contributed by atoms with Gasteiger partial charge in [0.15, 0.2) is 11.5 Å². The van der Waals surface area contributed by atoms with Gasteiger partial charge >= 0.3 is 0 Å². The zero-order valence-electron chi connectivity index (χ0n) is 16.2. The number of anilines is 2. The molecule has 4 heterocycles. The van der Waals surface area contributed by atoms with Crippen molar-refractivity contribution in [2.24, 2.45) is 11.8 Å². The molecule has 7 nitrogen and oxygen atoms in total. The number of nitrogens with one attached hydrogen (secondary N) is 1. The van der Waals surface area contributed by atoms with Gasteiger partial charge in [-0.15, -0.1) is 0 Å². The number of hydrogen-bond donors (Lipinski definition) is 1. The highest BCUT2D eigenvalue weighted by Crippen LogP contribution is 2.28. The topological polar surface area (TPSA) is 75.4 Å². The molecule has 1 aliphatic rings. The number of carbonyl (C=O) groups is 1. The van der Waals surface area contributed by atoms with Crippen molar-refractivity contribution in [3.63, 3.8) is 0 Å². The van der Waals surface area contributed by atoms with Gasteiger partial charge < -0.3 is 14.6 Å². The Hall–Kier alpha value is -3.03. The lowest BCUT2D eigenvalue weighted by atomic mass is 9.96. The molecule has 1 saturated heterocycles. The van der Waals surface area contributed by atoms with E-state index >= 15 is 0 Å². The van der Waals surface area contributed by atoms with Crippen molar-refractivity contribution in [1.29, 1.82) is 0 Å². The van der Waals surface area contributed by atoms with Gasteiger partial charge in [-0.25, -0.2) is 19.3 Å². The van der Waals surface area contributed by atoms with E-state index in [0.29, 0.717) is 23.2 Å². The summed E-state index contributed by atoms with van der Waals surface area (Å²) in [5, 5.41) is 2.67. The first-order valence-electron chi connectivity index (χ1n) is 9.47. The van der Waals surface area contributed by atoms with E-state index in [2.05, 4.69) is 39.0 Å². The second-order valence-electron chi connectivity index (χ2n) is 7.45. The molecule has 28 heavy (non-hydrogen) atoms. The van der Waals surface area contributed by atoms with Gasteiger partial charge in [0, 0.05) is 31.5 Å². The predicted octanol–water partition coefficient (Wildman–Crippen LogP) is 3.31. The van der Waals surface area contributed by atoms with E-state index in [4.69, 9.17) is 0 Å². The summed E-state index contributed by atoms with van der Waals surface area (Å²) in [6, 6.07) is 1.25. The summed E-state index contributed by atoms with van der Waals surface area (Å²) < 4.78 is 15.7. The average Bonchev–Trinajstić information content (AvgIpc) is 3.24. The summed E-state index contributed by atoms with van der Waals surface area (Å²) in [5.41, 5.74) is 1.44. The highest BCUT2D eigenvalue weighted by molar-refractivity contribution is 6.02. The number of halogens is 1. The van der Waals surface area contributed by atoms with Crippen molar-refractivity contribution < 1.29 is 9.18 Å². The van der Waals surface area contributed by atoms with Gasteiger partial charge in [-0.2, -0.15) is 0 Å². The molecule has 0 bridgehead atoms. The van der Waals surface area contributed by atoms with Crippen LogP contribution in [0.25, 0.3) is 5.65 Å². The molecule has 8 heteroatoms. The number of rotatable bonds is 4. The molecule has 0 aliphatic carbocycles. The first-order chi connectivity index (χ1) is 13.4. The Morgan fingerprint density at radius 2 is 2.11 bits per heavy atom. The standard InChI is InChI=1S/C20H23FN6O/c1-4-14-10-26(8-12(14)2)18-7-22-17(6-23-18)20(28)25-15-5-16(21)19-24-13(3)9-27(19)11-15/h5-7,9,11-12,14H,4,8,10H2,1-3H3,(H,25,28)/t12-,14+/m1/s1. The van der Waals surface area contributed by atoms with Crippen molar-refractivity contribution in [3.8, 4) is 0 Å². The minimum Gasteiger partial charge on any atom is -0.355 e. The maximum Gasteiger partial charge on any atom is 0.275 e. The number of hydrogen-bond acceptors (Lipinski definition) is 5. The Kier molecular flexibility index (Phi) is 4.70. The molecule has 3 aromatic rings. The Labute approximate surface area is 162 Å². The lowest BCUT2D eigenvalue weighted by Gasteiger charge is -2.16. The molecule has 0 radical (unpaired) electrons. The fraction of sp³-hybridized carbons (Fsp3) is 0.400. The molecule has 0 aromatic carbocycles. The Morgan fingerprint density at radius 1 is 1.29 bits per heavy atom. The molecule has 2 atom stereocenters. The van der Waals surface area contributed by atoms with Crippen molar-refractivity contribution >= 4 is 23.1 Å². The second kappa shape index (κ2) is 7.18. The van der Waals surface area contributed by atoms with E-state index in [-0.39, 0.29) is 11.3 Å². The monoisotopic (exact) mass is 382 g/mol. The van der Waals surface area contributed by atoms with Crippen LogP contribution in [-0.2, 0) is 0 Å². The maximum absolute atomic E-state index is 14.2. The molecule has 1 N–H and O–H groups in total. The number of imidazole rings is 1. The first-order valence-corrected chi connectivity index (χ1v) is 9.47. The van der Waals surface area contributed by atoms with Crippen LogP contribution in [0.15, 0.2) is 30.9 Å². The van der Waals surface area contributed by atoms with E-state index < -0.39 is 11.7 Å².